The zero-order valence-electron chi connectivity index (χ0n) is 14.9. The fraction of sp³-hybridized carbons (Fsp3) is 0.421. The number of carbonyl (C=O) groups is 2. The summed E-state index contributed by atoms with van der Waals surface area (Å²) in [4.78, 5) is 29.7. The van der Waals surface area contributed by atoms with Crippen LogP contribution in [0.25, 0.3) is 10.9 Å². The van der Waals surface area contributed by atoms with E-state index in [9.17, 15) is 9.59 Å². The van der Waals surface area contributed by atoms with Crippen LogP contribution in [0.15, 0.2) is 36.4 Å². The number of hydrogen-bond acceptors (Lipinski definition) is 5. The molecule has 0 aliphatic carbocycles. The second-order valence-corrected chi connectivity index (χ2v) is 6.42. The van der Waals surface area contributed by atoms with Crippen molar-refractivity contribution < 1.29 is 14.3 Å². The van der Waals surface area contributed by atoms with E-state index >= 15 is 0 Å². The van der Waals surface area contributed by atoms with Gasteiger partial charge in [0, 0.05) is 32.1 Å². The molecule has 3 rings (SSSR count). The highest BCUT2D eigenvalue weighted by Gasteiger charge is 2.21. The summed E-state index contributed by atoms with van der Waals surface area (Å²) in [6.07, 6.45) is 1.40. The summed E-state index contributed by atoms with van der Waals surface area (Å²) in [5.74, 6) is 1.08. The fourth-order valence-electron chi connectivity index (χ4n) is 3.08. The van der Waals surface area contributed by atoms with Crippen LogP contribution in [0.2, 0.25) is 0 Å². The normalized spacial score (nSPS) is 14.9. The van der Waals surface area contributed by atoms with Crippen molar-refractivity contribution >= 4 is 28.7 Å². The summed E-state index contributed by atoms with van der Waals surface area (Å²) < 4.78 is 4.83. The molecule has 0 bridgehead atoms. The van der Waals surface area contributed by atoms with Crippen LogP contribution in [0.5, 0.6) is 0 Å². The molecule has 1 fully saturated rings. The van der Waals surface area contributed by atoms with Gasteiger partial charge in [-0.1, -0.05) is 18.2 Å². The molecule has 1 aliphatic rings. The Bertz CT molecular complexity index is 772. The summed E-state index contributed by atoms with van der Waals surface area (Å²) in [7, 11) is 1.50. The summed E-state index contributed by atoms with van der Waals surface area (Å²) >= 11 is 0. The molecule has 138 valence electrons. The van der Waals surface area contributed by atoms with Gasteiger partial charge in [0.05, 0.1) is 5.52 Å². The number of rotatable bonds is 5. The number of aromatic nitrogens is 1. The number of nitrogens with one attached hydrogen (secondary N) is 2. The van der Waals surface area contributed by atoms with Gasteiger partial charge in [0.15, 0.2) is 6.61 Å². The first-order valence-electron chi connectivity index (χ1n) is 8.87. The molecule has 2 heterocycles. The lowest BCUT2D eigenvalue weighted by Crippen LogP contribution is -2.39. The smallest absolute Gasteiger partial charge is 0.407 e. The monoisotopic (exact) mass is 356 g/mol. The number of hydrogen-bond donors (Lipinski definition) is 2. The highest BCUT2D eigenvalue weighted by molar-refractivity contribution is 5.80. The van der Waals surface area contributed by atoms with Gasteiger partial charge < -0.3 is 20.3 Å². The van der Waals surface area contributed by atoms with Crippen molar-refractivity contribution in [1.82, 2.24) is 15.6 Å². The number of benzene rings is 1. The molecule has 2 aromatic rings. The molecule has 0 saturated carbocycles. The van der Waals surface area contributed by atoms with Gasteiger partial charge in [-0.3, -0.25) is 4.79 Å². The number of fused-ring (bicyclic) bond motifs is 1. The molecular formula is C19H24N4O3. The molecule has 1 aromatic heterocycles. The van der Waals surface area contributed by atoms with Crippen LogP contribution < -0.4 is 15.5 Å². The average Bonchev–Trinajstić information content (AvgIpc) is 2.70. The zero-order valence-corrected chi connectivity index (χ0v) is 14.9. The number of pyridine rings is 1. The van der Waals surface area contributed by atoms with E-state index in [4.69, 9.17) is 9.72 Å². The number of amides is 2. The molecule has 0 radical (unpaired) electrons. The average molecular weight is 356 g/mol. The molecule has 7 nitrogen and oxygen atoms in total. The lowest BCUT2D eigenvalue weighted by molar-refractivity contribution is -0.123. The van der Waals surface area contributed by atoms with Crippen LogP contribution in [0.3, 0.4) is 0 Å². The lowest BCUT2D eigenvalue weighted by atomic mass is 9.97. The fourth-order valence-corrected chi connectivity index (χ4v) is 3.08. The predicted molar refractivity (Wildman–Crippen MR) is 100 cm³/mol. The molecule has 26 heavy (non-hydrogen) atoms. The minimum atomic E-state index is -0.549. The van der Waals surface area contributed by atoms with Crippen LogP contribution in [0.1, 0.15) is 12.8 Å². The molecule has 7 heteroatoms. The van der Waals surface area contributed by atoms with E-state index < -0.39 is 6.09 Å². The Labute approximate surface area is 152 Å². The first kappa shape index (κ1) is 18.0. The van der Waals surface area contributed by atoms with Crippen molar-refractivity contribution in [3.05, 3.63) is 36.4 Å². The van der Waals surface area contributed by atoms with Crippen LogP contribution in [-0.4, -0.2) is 50.3 Å². The van der Waals surface area contributed by atoms with Crippen molar-refractivity contribution in [1.29, 1.82) is 0 Å². The summed E-state index contributed by atoms with van der Waals surface area (Å²) in [6.45, 7) is 2.12. The molecule has 1 aliphatic heterocycles. The number of piperidine rings is 1. The topological polar surface area (TPSA) is 83.6 Å². The van der Waals surface area contributed by atoms with Gasteiger partial charge >= 0.3 is 6.09 Å². The minimum Gasteiger partial charge on any atom is -0.439 e. The van der Waals surface area contributed by atoms with E-state index in [-0.39, 0.29) is 12.5 Å². The third kappa shape index (κ3) is 4.62. The maximum absolute atomic E-state index is 11.6. The third-order valence-electron chi connectivity index (χ3n) is 4.67. The van der Waals surface area contributed by atoms with Gasteiger partial charge in [-0.2, -0.15) is 0 Å². The van der Waals surface area contributed by atoms with E-state index in [1.165, 1.54) is 7.05 Å². The Kier molecular flexibility index (Phi) is 5.88. The van der Waals surface area contributed by atoms with Crippen LogP contribution in [0.4, 0.5) is 10.6 Å². The van der Waals surface area contributed by atoms with E-state index in [1.54, 1.807) is 0 Å². The number of likely N-dealkylation sites (N-methyl/N-ethyl adjacent to an activating group) is 1. The van der Waals surface area contributed by atoms with Crippen molar-refractivity contribution in [2.45, 2.75) is 12.8 Å². The van der Waals surface area contributed by atoms with Gasteiger partial charge in [0.1, 0.15) is 5.82 Å². The van der Waals surface area contributed by atoms with E-state index in [0.29, 0.717) is 12.5 Å². The molecule has 1 aromatic carbocycles. The van der Waals surface area contributed by atoms with Crippen LogP contribution in [0, 0.1) is 5.92 Å². The Balaban J connectivity index is 1.45. The van der Waals surface area contributed by atoms with Crippen LogP contribution in [-0.2, 0) is 9.53 Å². The SMILES string of the molecule is CNC(=O)COC(=O)NCC1CCN(c2ccc3ccccc3n2)CC1. The second kappa shape index (κ2) is 8.51. The third-order valence-corrected chi connectivity index (χ3v) is 4.67. The molecule has 0 spiro atoms. The van der Waals surface area contributed by atoms with E-state index in [0.717, 1.165) is 42.7 Å². The number of anilines is 1. The Morgan fingerprint density at radius 2 is 1.96 bits per heavy atom. The number of nitrogens with zero attached hydrogens (tertiary/aromatic N) is 2. The van der Waals surface area contributed by atoms with Gasteiger partial charge in [-0.25, -0.2) is 9.78 Å². The highest BCUT2D eigenvalue weighted by atomic mass is 16.6. The molecule has 2 N–H and O–H groups in total. The van der Waals surface area contributed by atoms with E-state index in [2.05, 4.69) is 33.7 Å². The van der Waals surface area contributed by atoms with Gasteiger partial charge in [-0.15, -0.1) is 0 Å². The summed E-state index contributed by atoms with van der Waals surface area (Å²) in [6, 6.07) is 12.3. The standard InChI is InChI=1S/C19H24N4O3/c1-20-18(24)13-26-19(25)21-12-14-8-10-23(11-9-14)17-7-6-15-4-2-3-5-16(15)22-17/h2-7,14H,8-13H2,1H3,(H,20,24)(H,21,25). The number of carbonyl (C=O) groups excluding carboxylic acids is 2. The largest absolute Gasteiger partial charge is 0.439 e. The van der Waals surface area contributed by atoms with Gasteiger partial charge in [-0.05, 0) is 37.0 Å². The predicted octanol–water partition coefficient (Wildman–Crippen LogP) is 1.92. The highest BCUT2D eigenvalue weighted by Crippen LogP contribution is 2.23. The zero-order chi connectivity index (χ0) is 18.4. The Morgan fingerprint density at radius 3 is 2.73 bits per heavy atom. The maximum Gasteiger partial charge on any atom is 0.407 e. The maximum atomic E-state index is 11.6. The minimum absolute atomic E-state index is 0.256. The lowest BCUT2D eigenvalue weighted by Gasteiger charge is -2.32. The molecule has 1 saturated heterocycles. The van der Waals surface area contributed by atoms with Crippen molar-refractivity contribution in [2.24, 2.45) is 5.92 Å². The number of ether oxygens (including phenoxy) is 1. The number of para-hydroxylation sites is 1. The summed E-state index contributed by atoms with van der Waals surface area (Å²) in [5.41, 5.74) is 1.01. The molecule has 0 unspecified atom stereocenters. The molecular weight excluding hydrogens is 332 g/mol. The number of alkyl carbamates (subject to hydrolysis) is 1. The Morgan fingerprint density at radius 1 is 1.19 bits per heavy atom. The van der Waals surface area contributed by atoms with Gasteiger partial charge in [0.2, 0.25) is 0 Å². The molecule has 2 amide bonds. The quantitative estimate of drug-likeness (QED) is 0.855. The summed E-state index contributed by atoms with van der Waals surface area (Å²) in [5, 5.41) is 6.28. The Hall–Kier alpha value is -2.83. The second-order valence-electron chi connectivity index (χ2n) is 6.42. The van der Waals surface area contributed by atoms with Crippen molar-refractivity contribution in [2.75, 3.05) is 38.2 Å². The van der Waals surface area contributed by atoms with Crippen molar-refractivity contribution in [3.8, 4) is 0 Å². The van der Waals surface area contributed by atoms with Crippen molar-refractivity contribution in [3.63, 3.8) is 0 Å². The van der Waals surface area contributed by atoms with Gasteiger partial charge in [0.25, 0.3) is 5.91 Å². The molecule has 0 atom stereocenters. The van der Waals surface area contributed by atoms with Crippen LogP contribution >= 0.6 is 0 Å². The van der Waals surface area contributed by atoms with E-state index in [1.807, 2.05) is 18.2 Å². The first-order chi connectivity index (χ1) is 12.7. The first-order valence-corrected chi connectivity index (χ1v) is 8.87.